The zero-order valence-electron chi connectivity index (χ0n) is 21.3. The summed E-state index contributed by atoms with van der Waals surface area (Å²) in [6.07, 6.45) is 9.68. The summed E-state index contributed by atoms with van der Waals surface area (Å²) in [5.74, 6) is -0.291. The van der Waals surface area contributed by atoms with E-state index in [4.69, 9.17) is 51.8 Å². The Balaban J connectivity index is -0.0000000561. The molecule has 0 aromatic carbocycles. The Labute approximate surface area is 337 Å². The molecule has 0 atom stereocenters. The van der Waals surface area contributed by atoms with Crippen LogP contribution in [0.4, 0.5) is 0 Å². The van der Waals surface area contributed by atoms with E-state index in [0.717, 1.165) is 44.9 Å². The topological polar surface area (TPSA) is 103 Å². The number of Topliss-reactive ketones (excluding diaryl/α,β-unsaturated/α-hetero) is 1. The molecule has 2 fully saturated rings. The van der Waals surface area contributed by atoms with Crippen LogP contribution in [0.5, 0.6) is 0 Å². The van der Waals surface area contributed by atoms with Crippen LogP contribution in [0.1, 0.15) is 92.9 Å². The van der Waals surface area contributed by atoms with E-state index in [2.05, 4.69) is 29.6 Å². The molecule has 0 amide bonds. The number of alkyl halides is 3. The molecule has 0 aromatic rings. The number of thioether (sulfide) groups is 1. The zero-order chi connectivity index (χ0) is 25.0. The number of ether oxygens (including phenoxy) is 2. The molecule has 2 aliphatic carbocycles. The van der Waals surface area contributed by atoms with Crippen molar-refractivity contribution in [3.63, 3.8) is 0 Å². The number of hydrogen-bond donors (Lipinski definition) is 1. The van der Waals surface area contributed by atoms with Gasteiger partial charge in [0.1, 0.15) is 10.5 Å². The monoisotopic (exact) mass is 732 g/mol. The Hall–Kier alpha value is 3.25. The summed E-state index contributed by atoms with van der Waals surface area (Å²) in [5, 5.41) is 9.27. The van der Waals surface area contributed by atoms with Crippen LogP contribution >= 0.6 is 83.4 Å². The van der Waals surface area contributed by atoms with Gasteiger partial charge in [0.25, 0.3) is 0 Å². The van der Waals surface area contributed by atoms with E-state index in [-0.39, 0.29) is 118 Å². The largest absolute Gasteiger partial charge is 1.00 e. The molecule has 0 saturated heterocycles. The molecule has 16 heteroatoms. The van der Waals surface area contributed by atoms with Gasteiger partial charge in [0.15, 0.2) is 4.30 Å². The van der Waals surface area contributed by atoms with Crippen LogP contribution in [0, 0.1) is 0 Å². The minimum atomic E-state index is -0.755. The predicted octanol–water partition coefficient (Wildman–Crippen LogP) is 2.71. The summed E-state index contributed by atoms with van der Waals surface area (Å²) in [4.78, 5) is 21.7. The van der Waals surface area contributed by atoms with Gasteiger partial charge in [0.2, 0.25) is 4.38 Å². The number of carboxylic acids is 1. The Morgan fingerprint density at radius 1 is 1.00 bits per heavy atom. The van der Waals surface area contributed by atoms with Crippen LogP contribution < -0.4 is 80.9 Å². The maximum atomic E-state index is 11.3. The maximum Gasteiger partial charge on any atom is 1.00 e. The Morgan fingerprint density at radius 2 is 1.37 bits per heavy atom. The summed E-state index contributed by atoms with van der Waals surface area (Å²) >= 11 is 29.4. The number of aliphatic carboxylic acids is 1. The molecule has 0 aromatic heterocycles. The summed E-state index contributed by atoms with van der Waals surface area (Å²) in [5.41, 5.74) is 0. The van der Waals surface area contributed by atoms with Gasteiger partial charge in [0, 0.05) is 17.2 Å². The Bertz CT molecular complexity index is 569. The number of carboxylic acid groups (broad SMARTS) is 1. The van der Waals surface area contributed by atoms with Gasteiger partial charge in [-0.2, -0.15) is 0 Å². The first-order valence-electron chi connectivity index (χ1n) is 10.4. The molecule has 0 radical (unpaired) electrons. The van der Waals surface area contributed by atoms with Gasteiger partial charge in [-0.25, -0.2) is 0 Å². The molecule has 2 N–H and O–H groups in total. The van der Waals surface area contributed by atoms with Crippen molar-refractivity contribution in [2.45, 2.75) is 102 Å². The first-order chi connectivity index (χ1) is 15.0. The molecule has 0 unspecified atom stereocenters. The number of thiocarbonyl (C=S) groups is 2. The van der Waals surface area contributed by atoms with Crippen LogP contribution in [0.25, 0.3) is 0 Å². The Kier molecular flexibility index (Phi) is 64.0. The first-order valence-corrected chi connectivity index (χ1v) is 13.7. The number of halogens is 4. The van der Waals surface area contributed by atoms with Crippen molar-refractivity contribution in [3.05, 3.63) is 0 Å². The maximum absolute atomic E-state index is 11.3. The van der Waals surface area contributed by atoms with Gasteiger partial charge in [0.05, 0.1) is 13.2 Å². The van der Waals surface area contributed by atoms with Crippen molar-refractivity contribution in [2.24, 2.45) is 0 Å². The van der Waals surface area contributed by atoms with Gasteiger partial charge >= 0.3 is 86.9 Å². The first kappa shape index (κ1) is 60.4. The van der Waals surface area contributed by atoms with E-state index in [9.17, 15) is 14.7 Å². The van der Waals surface area contributed by atoms with Crippen LogP contribution in [-0.2, 0) is 31.7 Å². The van der Waals surface area contributed by atoms with Crippen LogP contribution in [0.2, 0.25) is 0 Å². The number of carbonyl (C=O) groups excluding carboxylic acids is 1. The fraction of sp³-hybridized carbons (Fsp3) is 0.818. The third-order valence-electron chi connectivity index (χ3n) is 4.27. The van der Waals surface area contributed by atoms with Gasteiger partial charge < -0.3 is 44.9 Å². The Morgan fingerprint density at radius 3 is 1.61 bits per heavy atom. The van der Waals surface area contributed by atoms with E-state index in [0.29, 0.717) is 36.2 Å². The van der Waals surface area contributed by atoms with Gasteiger partial charge in [-0.15, -0.1) is 12.4 Å². The smallest absolute Gasteiger partial charge is 0.870 e. The fourth-order valence-corrected chi connectivity index (χ4v) is 4.76. The predicted molar refractivity (Wildman–Crippen MR) is 169 cm³/mol. The number of carbonyl (C=O) groups is 2. The average molecular weight is 735 g/mol. The molecular weight excluding hydrogens is 692 g/mol. The normalized spacial score (nSPS) is 14.0. The van der Waals surface area contributed by atoms with Crippen molar-refractivity contribution in [2.75, 3.05) is 13.2 Å². The molecule has 0 heterocycles. The van der Waals surface area contributed by atoms with E-state index < -0.39 is 15.0 Å². The van der Waals surface area contributed by atoms with Crippen molar-refractivity contribution in [1.29, 1.82) is 0 Å². The third-order valence-corrected chi connectivity index (χ3v) is 6.13. The molecule has 0 spiro atoms. The van der Waals surface area contributed by atoms with Crippen LogP contribution in [0.15, 0.2) is 0 Å². The van der Waals surface area contributed by atoms with Crippen molar-refractivity contribution < 1.29 is 111 Å². The molecule has 2 saturated carbocycles. The molecule has 0 aliphatic heterocycles. The standard InChI is InChI=1S/C10H16O3S2.C6H10O.C3H6OS2.CHCl3.2CH4.ClH.K.Na.H2O/c1-2-13-9(14)15-10(8(11)12)6-4-3-5-7-10;7-6-4-2-1-3-5-6;1-2-4-3(5)6;2-1(3)4;;;;;;/h2-7H2,1H3,(H,11,12);1-5H2;2H2,1H3,(H,5,6);1H;2*1H4;1H;;;1H2/q;;;;;;;2*+1;/p-2. The molecule has 0 bridgehead atoms. The van der Waals surface area contributed by atoms with Crippen LogP contribution in [-0.4, -0.2) is 53.4 Å². The van der Waals surface area contributed by atoms with Gasteiger partial charge in [-0.3, -0.25) is 9.59 Å². The second-order valence-electron chi connectivity index (χ2n) is 6.67. The van der Waals surface area contributed by atoms with Crippen molar-refractivity contribution >= 4 is 117 Å². The van der Waals surface area contributed by atoms with Gasteiger partial charge in [-0.1, -0.05) is 87.1 Å². The quantitative estimate of drug-likeness (QED) is 0.201. The molecular formula is C22H42Cl4KNaO6S4. The summed E-state index contributed by atoms with van der Waals surface area (Å²) in [6, 6.07) is 0. The van der Waals surface area contributed by atoms with E-state index >= 15 is 0 Å². The molecule has 220 valence electrons. The molecule has 2 rings (SSSR count). The summed E-state index contributed by atoms with van der Waals surface area (Å²) in [6.45, 7) is 4.78. The SMILES string of the molecule is C.C.CCOC(=S)SC1(C(=O)O)CCCCC1.CCOC(=S)[S-].Cl.ClC(Cl)Cl.O=C1CCCCC1.[K+].[Na+].[OH-]. The van der Waals surface area contributed by atoms with E-state index in [1.807, 2.05) is 13.8 Å². The zero-order valence-corrected chi connectivity index (χ0v) is 32.7. The minimum Gasteiger partial charge on any atom is -0.870 e. The number of hydrogen-bond acceptors (Lipinski definition) is 9. The molecule has 2 aliphatic rings. The third kappa shape index (κ3) is 39.2. The van der Waals surface area contributed by atoms with Crippen LogP contribution in [0.3, 0.4) is 0 Å². The number of ketones is 1. The average Bonchev–Trinajstić information content (AvgIpc) is 2.70. The minimum absolute atomic E-state index is 0. The molecule has 6 nitrogen and oxygen atoms in total. The van der Waals surface area contributed by atoms with Gasteiger partial charge in [-0.05, 0) is 51.7 Å². The van der Waals surface area contributed by atoms with Crippen molar-refractivity contribution in [1.82, 2.24) is 0 Å². The summed E-state index contributed by atoms with van der Waals surface area (Å²) in [7, 11) is 0. The molecule has 38 heavy (non-hydrogen) atoms. The fourth-order valence-electron chi connectivity index (χ4n) is 2.85. The van der Waals surface area contributed by atoms with E-state index in [1.165, 1.54) is 18.2 Å². The second kappa shape index (κ2) is 40.2. The van der Waals surface area contributed by atoms with E-state index in [1.54, 1.807) is 0 Å². The van der Waals surface area contributed by atoms with Crippen molar-refractivity contribution in [3.8, 4) is 0 Å². The second-order valence-corrected chi connectivity index (χ2v) is 11.6. The summed E-state index contributed by atoms with van der Waals surface area (Å²) < 4.78 is 8.83. The number of rotatable bonds is 4.